The molecule has 1 fully saturated rings. The molecule has 0 atom stereocenters. The molecule has 4 rings (SSSR count). The van der Waals surface area contributed by atoms with E-state index in [1.165, 1.54) is 0 Å². The predicted octanol–water partition coefficient (Wildman–Crippen LogP) is 5.93. The van der Waals surface area contributed by atoms with Crippen LogP contribution in [0.5, 0.6) is 5.75 Å². The maximum Gasteiger partial charge on any atom is 0.329 e. The molecule has 1 aliphatic rings. The van der Waals surface area contributed by atoms with E-state index in [1.807, 2.05) is 58.3 Å². The van der Waals surface area contributed by atoms with Crippen LogP contribution in [0.1, 0.15) is 53.7 Å². The summed E-state index contributed by atoms with van der Waals surface area (Å²) in [4.78, 5) is 32.5. The highest BCUT2D eigenvalue weighted by Crippen LogP contribution is 2.37. The van der Waals surface area contributed by atoms with E-state index in [4.69, 9.17) is 21.3 Å². The molecule has 3 aromatic rings. The van der Waals surface area contributed by atoms with Crippen LogP contribution in [0.3, 0.4) is 0 Å². The lowest BCUT2D eigenvalue weighted by molar-refractivity contribution is -0.146. The number of ether oxygens (including phenoxy) is 1. The summed E-state index contributed by atoms with van der Waals surface area (Å²) in [5.74, 6) is -1.17. The highest BCUT2D eigenvalue weighted by Gasteiger charge is 2.43. The summed E-state index contributed by atoms with van der Waals surface area (Å²) in [5, 5.41) is 23.1. The Morgan fingerprint density at radius 1 is 1.07 bits per heavy atom. The topological polar surface area (TPSA) is 112 Å². The number of aliphatic carboxylic acids is 1. The third-order valence-electron chi connectivity index (χ3n) is 7.58. The number of nitrogens with one attached hydrogen (secondary N) is 1. The summed E-state index contributed by atoms with van der Waals surface area (Å²) in [6.45, 7) is 5.43. The summed E-state index contributed by atoms with van der Waals surface area (Å²) >= 11 is 6.48. The molecule has 0 saturated heterocycles. The lowest BCUT2D eigenvalue weighted by Crippen LogP contribution is -2.57. The lowest BCUT2D eigenvalue weighted by atomic mass is 9.80. The van der Waals surface area contributed by atoms with Crippen molar-refractivity contribution in [3.8, 4) is 28.1 Å². The minimum absolute atomic E-state index is 0. The number of aliphatic hydroxyl groups excluding tert-OH is 1. The van der Waals surface area contributed by atoms with Crippen LogP contribution in [-0.4, -0.2) is 70.9 Å². The number of aromatic nitrogens is 1. The third kappa shape index (κ3) is 7.81. The Balaban J connectivity index is 0.00000484. The van der Waals surface area contributed by atoms with E-state index in [0.717, 1.165) is 40.8 Å². The fourth-order valence-corrected chi connectivity index (χ4v) is 5.40. The minimum Gasteiger partial charge on any atom is -0.492 e. The number of carboxylic acid groups (broad SMARTS) is 1. The fourth-order valence-electron chi connectivity index (χ4n) is 5.23. The third-order valence-corrected chi connectivity index (χ3v) is 7.89. The van der Waals surface area contributed by atoms with E-state index in [1.54, 1.807) is 12.1 Å². The number of rotatable bonds is 10. The van der Waals surface area contributed by atoms with Crippen LogP contribution in [0.2, 0.25) is 5.02 Å². The van der Waals surface area contributed by atoms with Crippen LogP contribution in [0, 0.1) is 13.8 Å². The highest BCUT2D eigenvalue weighted by molar-refractivity contribution is 6.32. The van der Waals surface area contributed by atoms with Gasteiger partial charge in [-0.1, -0.05) is 41.4 Å². The predicted molar refractivity (Wildman–Crippen MR) is 168 cm³/mol. The number of aliphatic hydroxyl groups is 1. The summed E-state index contributed by atoms with van der Waals surface area (Å²) in [7, 11) is 4.01. The van der Waals surface area contributed by atoms with Crippen molar-refractivity contribution in [2.75, 3.05) is 27.2 Å². The molecule has 0 unspecified atom stereocenters. The van der Waals surface area contributed by atoms with E-state index < -0.39 is 23.5 Å². The molecule has 0 spiro atoms. The van der Waals surface area contributed by atoms with Crippen molar-refractivity contribution < 1.29 is 24.5 Å². The Hall–Kier alpha value is -3.17. The van der Waals surface area contributed by atoms with Crippen molar-refractivity contribution in [3.05, 3.63) is 70.4 Å². The molecule has 10 heteroatoms. The second-order valence-electron chi connectivity index (χ2n) is 11.1. The van der Waals surface area contributed by atoms with E-state index >= 15 is 0 Å². The van der Waals surface area contributed by atoms with Gasteiger partial charge in [0.2, 0.25) is 0 Å². The number of pyridine rings is 1. The van der Waals surface area contributed by atoms with Gasteiger partial charge in [0.1, 0.15) is 17.0 Å². The Kier molecular flexibility index (Phi) is 11.4. The van der Waals surface area contributed by atoms with Crippen LogP contribution in [0.25, 0.3) is 22.4 Å². The molecule has 1 saturated carbocycles. The first-order chi connectivity index (χ1) is 19.5. The van der Waals surface area contributed by atoms with Crippen molar-refractivity contribution >= 4 is 35.9 Å². The van der Waals surface area contributed by atoms with Gasteiger partial charge in [0.05, 0.1) is 23.4 Å². The summed E-state index contributed by atoms with van der Waals surface area (Å²) in [6, 6.07) is 15.0. The van der Waals surface area contributed by atoms with Crippen molar-refractivity contribution in [3.63, 3.8) is 0 Å². The quantitative estimate of drug-likeness (QED) is 0.242. The molecular weight excluding hydrogens is 577 g/mol. The summed E-state index contributed by atoms with van der Waals surface area (Å²) < 4.78 is 6.01. The Morgan fingerprint density at radius 3 is 2.40 bits per heavy atom. The number of carbonyl (C=O) groups is 2. The Labute approximate surface area is 258 Å². The molecule has 2 aromatic carbocycles. The molecule has 3 N–H and O–H groups in total. The number of hydrogen-bond acceptors (Lipinski definition) is 6. The van der Waals surface area contributed by atoms with E-state index in [-0.39, 0.29) is 30.9 Å². The number of aryl methyl sites for hydroxylation is 2. The highest BCUT2D eigenvalue weighted by atomic mass is 35.5. The van der Waals surface area contributed by atoms with Crippen LogP contribution in [-0.2, 0) is 4.79 Å². The molecule has 1 heterocycles. The van der Waals surface area contributed by atoms with Gasteiger partial charge < -0.3 is 25.2 Å². The van der Waals surface area contributed by atoms with Gasteiger partial charge in [-0.25, -0.2) is 9.78 Å². The number of carbonyl (C=O) groups excluding carboxylic acids is 1. The smallest absolute Gasteiger partial charge is 0.329 e. The van der Waals surface area contributed by atoms with Gasteiger partial charge in [0.25, 0.3) is 5.91 Å². The second-order valence-corrected chi connectivity index (χ2v) is 11.5. The lowest BCUT2D eigenvalue weighted by Gasteiger charge is -2.35. The Bertz CT molecular complexity index is 1420. The van der Waals surface area contributed by atoms with Crippen LogP contribution in [0.4, 0.5) is 0 Å². The second kappa shape index (κ2) is 14.3. The van der Waals surface area contributed by atoms with Crippen LogP contribution < -0.4 is 10.1 Å². The largest absolute Gasteiger partial charge is 0.492 e. The minimum atomic E-state index is -1.45. The number of hydrogen-bond donors (Lipinski definition) is 3. The zero-order chi connectivity index (χ0) is 29.7. The molecule has 1 aromatic heterocycles. The van der Waals surface area contributed by atoms with Gasteiger partial charge >= 0.3 is 5.97 Å². The van der Waals surface area contributed by atoms with E-state index in [2.05, 4.69) is 16.3 Å². The van der Waals surface area contributed by atoms with Gasteiger partial charge in [0, 0.05) is 17.7 Å². The first-order valence-electron chi connectivity index (χ1n) is 13.9. The number of benzene rings is 2. The standard InChI is InChI=1S/C32H38ClN3O5.ClH/c1-20-6-8-24(21(2)18-20)25-9-11-27(30(38)35-32(31(39)40)14-12-23(37)13-15-32)34-29(25)22-7-10-26(33)28(19-22)41-17-5-16-36(3)4;/h6-11,18-19,23,37H,5,12-17H2,1-4H3,(H,35,38)(H,39,40);1H. The molecule has 0 aliphatic heterocycles. The Morgan fingerprint density at radius 2 is 1.76 bits per heavy atom. The van der Waals surface area contributed by atoms with Crippen molar-refractivity contribution in [2.24, 2.45) is 0 Å². The molecule has 8 nitrogen and oxygen atoms in total. The SMILES string of the molecule is Cc1ccc(-c2ccc(C(=O)NC3(C(=O)O)CCC(O)CC3)nc2-c2ccc(Cl)c(OCCCN(C)C)c2)c(C)c1.Cl. The van der Waals surface area contributed by atoms with Crippen molar-refractivity contribution in [1.29, 1.82) is 0 Å². The molecular formula is C32H39Cl2N3O5. The zero-order valence-electron chi connectivity index (χ0n) is 24.4. The normalized spacial score (nSPS) is 18.3. The average molecular weight is 617 g/mol. The molecule has 42 heavy (non-hydrogen) atoms. The van der Waals surface area contributed by atoms with Crippen molar-refractivity contribution in [2.45, 2.75) is 57.6 Å². The summed E-state index contributed by atoms with van der Waals surface area (Å²) in [5.41, 5.74) is 3.92. The van der Waals surface area contributed by atoms with Gasteiger partial charge in [-0.3, -0.25) is 4.79 Å². The van der Waals surface area contributed by atoms with E-state index in [9.17, 15) is 19.8 Å². The van der Waals surface area contributed by atoms with Gasteiger partial charge in [0.15, 0.2) is 0 Å². The monoisotopic (exact) mass is 615 g/mol. The van der Waals surface area contributed by atoms with Gasteiger partial charge in [-0.05, 0) is 95.4 Å². The molecule has 226 valence electrons. The average Bonchev–Trinajstić information content (AvgIpc) is 2.93. The number of nitrogens with zero attached hydrogens (tertiary/aromatic N) is 2. The molecule has 1 aliphatic carbocycles. The summed E-state index contributed by atoms with van der Waals surface area (Å²) in [6.07, 6.45) is 1.17. The van der Waals surface area contributed by atoms with Crippen molar-refractivity contribution in [1.82, 2.24) is 15.2 Å². The number of halogens is 2. The number of amides is 1. The van der Waals surface area contributed by atoms with Crippen LogP contribution in [0.15, 0.2) is 48.5 Å². The molecule has 0 radical (unpaired) electrons. The first kappa shape index (κ1) is 33.3. The maximum atomic E-state index is 13.4. The molecule has 0 bridgehead atoms. The van der Waals surface area contributed by atoms with E-state index in [0.29, 0.717) is 35.9 Å². The number of carboxylic acids is 1. The fraction of sp³-hybridized carbons (Fsp3) is 0.406. The van der Waals surface area contributed by atoms with Gasteiger partial charge in [-0.15, -0.1) is 12.4 Å². The van der Waals surface area contributed by atoms with Gasteiger partial charge in [-0.2, -0.15) is 0 Å². The molecule has 1 amide bonds. The first-order valence-corrected chi connectivity index (χ1v) is 14.3. The maximum absolute atomic E-state index is 13.4. The zero-order valence-corrected chi connectivity index (χ0v) is 26.0. The van der Waals surface area contributed by atoms with Crippen LogP contribution >= 0.6 is 24.0 Å².